The number of nitrogens with one attached hydrogen (secondary N) is 1. The van der Waals surface area contributed by atoms with Crippen LogP contribution < -0.4 is 9.62 Å². The molecule has 0 heterocycles. The molecular weight excluding hydrogens is 348 g/mol. The lowest BCUT2D eigenvalue weighted by atomic mass is 9.89. The number of hydrogen-bond donors (Lipinski definition) is 1. The second-order valence-electron chi connectivity index (χ2n) is 7.54. The lowest BCUT2D eigenvalue weighted by Gasteiger charge is -2.24. The molecular formula is C20H32N2O3S. The summed E-state index contributed by atoms with van der Waals surface area (Å²) in [5.41, 5.74) is 2.72. The fourth-order valence-electron chi connectivity index (χ4n) is 3.67. The van der Waals surface area contributed by atoms with Crippen LogP contribution in [-0.2, 0) is 14.8 Å². The lowest BCUT2D eigenvalue weighted by molar-refractivity contribution is -0.121. The van der Waals surface area contributed by atoms with E-state index < -0.39 is 10.0 Å². The van der Waals surface area contributed by atoms with Crippen molar-refractivity contribution in [3.8, 4) is 0 Å². The van der Waals surface area contributed by atoms with Crippen LogP contribution in [0.4, 0.5) is 5.69 Å². The third-order valence-electron chi connectivity index (χ3n) is 5.10. The normalized spacial score (nSPS) is 15.7. The summed E-state index contributed by atoms with van der Waals surface area (Å²) in [6.45, 7) is 4.97. The average molecular weight is 381 g/mol. The van der Waals surface area contributed by atoms with E-state index in [0.717, 1.165) is 17.7 Å². The van der Waals surface area contributed by atoms with E-state index in [1.165, 1.54) is 42.7 Å². The number of anilines is 1. The van der Waals surface area contributed by atoms with Crippen molar-refractivity contribution < 1.29 is 13.2 Å². The molecule has 0 bridgehead atoms. The number of amides is 1. The zero-order valence-electron chi connectivity index (χ0n) is 16.3. The Balaban J connectivity index is 1.86. The highest BCUT2D eigenvalue weighted by molar-refractivity contribution is 7.92. The molecule has 0 unspecified atom stereocenters. The molecule has 0 aromatic heterocycles. The first-order chi connectivity index (χ1) is 12.3. The van der Waals surface area contributed by atoms with Crippen molar-refractivity contribution in [3.63, 3.8) is 0 Å². The van der Waals surface area contributed by atoms with E-state index >= 15 is 0 Å². The van der Waals surface area contributed by atoms with Crippen LogP contribution in [-0.4, -0.2) is 33.7 Å². The molecule has 1 saturated carbocycles. The summed E-state index contributed by atoms with van der Waals surface area (Å²) in [6, 6.07) is 5.73. The molecule has 146 valence electrons. The van der Waals surface area contributed by atoms with Crippen molar-refractivity contribution in [3.05, 3.63) is 29.3 Å². The standard InChI is InChI=1S/C20H32N2O3S/c1-16-11-12-19(17(2)14-16)22(26(3,24)25)13-7-10-20(23)21-15-18-8-5-4-6-9-18/h11-12,14,18H,4-10,13,15H2,1-3H3,(H,21,23). The van der Waals surface area contributed by atoms with Gasteiger partial charge in [-0.25, -0.2) is 8.42 Å². The molecule has 0 aliphatic heterocycles. The van der Waals surface area contributed by atoms with Gasteiger partial charge in [0.15, 0.2) is 0 Å². The third kappa shape index (κ3) is 6.31. The van der Waals surface area contributed by atoms with Crippen LogP contribution in [0.5, 0.6) is 0 Å². The molecule has 1 amide bonds. The minimum Gasteiger partial charge on any atom is -0.356 e. The van der Waals surface area contributed by atoms with Gasteiger partial charge < -0.3 is 5.32 Å². The van der Waals surface area contributed by atoms with Gasteiger partial charge in [-0.1, -0.05) is 37.0 Å². The Morgan fingerprint density at radius 3 is 2.50 bits per heavy atom. The predicted molar refractivity (Wildman–Crippen MR) is 107 cm³/mol. The molecule has 0 spiro atoms. The summed E-state index contributed by atoms with van der Waals surface area (Å²) in [5.74, 6) is 0.625. The van der Waals surface area contributed by atoms with Crippen LogP contribution in [0.25, 0.3) is 0 Å². The van der Waals surface area contributed by atoms with Crippen LogP contribution in [0.15, 0.2) is 18.2 Å². The maximum Gasteiger partial charge on any atom is 0.232 e. The Bertz CT molecular complexity index is 710. The summed E-state index contributed by atoms with van der Waals surface area (Å²) >= 11 is 0. The van der Waals surface area contributed by atoms with Crippen LogP contribution in [0.3, 0.4) is 0 Å². The van der Waals surface area contributed by atoms with Crippen LogP contribution >= 0.6 is 0 Å². The number of benzene rings is 1. The van der Waals surface area contributed by atoms with Crippen molar-refractivity contribution in [1.82, 2.24) is 5.32 Å². The lowest BCUT2D eigenvalue weighted by Crippen LogP contribution is -2.33. The number of hydrogen-bond acceptors (Lipinski definition) is 3. The zero-order valence-corrected chi connectivity index (χ0v) is 17.1. The first-order valence-electron chi connectivity index (χ1n) is 9.59. The molecule has 0 atom stereocenters. The van der Waals surface area contributed by atoms with E-state index in [1.54, 1.807) is 0 Å². The van der Waals surface area contributed by atoms with E-state index in [0.29, 0.717) is 31.0 Å². The first kappa shape index (κ1) is 20.7. The Morgan fingerprint density at radius 2 is 1.88 bits per heavy atom. The monoisotopic (exact) mass is 380 g/mol. The Hall–Kier alpha value is -1.56. The van der Waals surface area contributed by atoms with Crippen LogP contribution in [0, 0.1) is 19.8 Å². The molecule has 0 radical (unpaired) electrons. The van der Waals surface area contributed by atoms with Gasteiger partial charge in [0.25, 0.3) is 0 Å². The fourth-order valence-corrected chi connectivity index (χ4v) is 4.69. The summed E-state index contributed by atoms with van der Waals surface area (Å²) in [6.07, 6.45) is 8.32. The molecule has 0 saturated heterocycles. The highest BCUT2D eigenvalue weighted by Crippen LogP contribution is 2.24. The zero-order chi connectivity index (χ0) is 19.2. The Labute approximate surface area is 158 Å². The summed E-state index contributed by atoms with van der Waals surface area (Å²) < 4.78 is 25.8. The van der Waals surface area contributed by atoms with Gasteiger partial charge >= 0.3 is 0 Å². The molecule has 1 N–H and O–H groups in total. The number of sulfonamides is 1. The van der Waals surface area contributed by atoms with E-state index in [9.17, 15) is 13.2 Å². The van der Waals surface area contributed by atoms with Gasteiger partial charge in [-0.3, -0.25) is 9.10 Å². The maximum absolute atomic E-state index is 12.2. The number of aryl methyl sites for hydroxylation is 2. The second kappa shape index (κ2) is 9.40. The van der Waals surface area contributed by atoms with Crippen molar-refractivity contribution in [1.29, 1.82) is 0 Å². The Morgan fingerprint density at radius 1 is 1.19 bits per heavy atom. The van der Waals surface area contributed by atoms with Gasteiger partial charge in [0.1, 0.15) is 0 Å². The third-order valence-corrected chi connectivity index (χ3v) is 6.28. The number of carbonyl (C=O) groups is 1. The van der Waals surface area contributed by atoms with Gasteiger partial charge in [0.2, 0.25) is 15.9 Å². The number of rotatable bonds is 8. The molecule has 26 heavy (non-hydrogen) atoms. The maximum atomic E-state index is 12.2. The number of carbonyl (C=O) groups excluding carboxylic acids is 1. The molecule has 1 aliphatic rings. The van der Waals surface area contributed by atoms with Gasteiger partial charge in [0.05, 0.1) is 11.9 Å². The molecule has 1 aromatic carbocycles. The first-order valence-corrected chi connectivity index (χ1v) is 11.4. The topological polar surface area (TPSA) is 66.5 Å². The second-order valence-corrected chi connectivity index (χ2v) is 9.44. The Kier molecular flexibility index (Phi) is 7.50. The molecule has 2 rings (SSSR count). The van der Waals surface area contributed by atoms with Gasteiger partial charge in [0, 0.05) is 19.5 Å². The quantitative estimate of drug-likeness (QED) is 0.750. The summed E-state index contributed by atoms with van der Waals surface area (Å²) in [4.78, 5) is 12.1. The fraction of sp³-hybridized carbons (Fsp3) is 0.650. The molecule has 1 fully saturated rings. The highest BCUT2D eigenvalue weighted by Gasteiger charge is 2.20. The van der Waals surface area contributed by atoms with Crippen LogP contribution in [0.1, 0.15) is 56.1 Å². The van der Waals surface area contributed by atoms with Gasteiger partial charge in [-0.05, 0) is 50.7 Å². The largest absolute Gasteiger partial charge is 0.356 e. The van der Waals surface area contributed by atoms with Crippen molar-refractivity contribution in [2.45, 2.75) is 58.8 Å². The number of nitrogens with zero attached hydrogens (tertiary/aromatic N) is 1. The predicted octanol–water partition coefficient (Wildman–Crippen LogP) is 3.55. The van der Waals surface area contributed by atoms with Gasteiger partial charge in [-0.2, -0.15) is 0 Å². The van der Waals surface area contributed by atoms with Crippen molar-refractivity contribution >= 4 is 21.6 Å². The van der Waals surface area contributed by atoms with E-state index in [1.807, 2.05) is 32.0 Å². The average Bonchev–Trinajstić information content (AvgIpc) is 2.58. The SMILES string of the molecule is Cc1ccc(N(CCCC(=O)NCC2CCCCC2)S(C)(=O)=O)c(C)c1. The minimum atomic E-state index is -3.38. The minimum absolute atomic E-state index is 0.0182. The molecule has 1 aromatic rings. The summed E-state index contributed by atoms with van der Waals surface area (Å²) in [5, 5.41) is 3.02. The molecule has 6 heteroatoms. The van der Waals surface area contributed by atoms with Gasteiger partial charge in [-0.15, -0.1) is 0 Å². The van der Waals surface area contributed by atoms with Crippen molar-refractivity contribution in [2.24, 2.45) is 5.92 Å². The van der Waals surface area contributed by atoms with Crippen LogP contribution in [0.2, 0.25) is 0 Å². The van der Waals surface area contributed by atoms with Crippen molar-refractivity contribution in [2.75, 3.05) is 23.7 Å². The smallest absolute Gasteiger partial charge is 0.232 e. The highest BCUT2D eigenvalue weighted by atomic mass is 32.2. The summed E-state index contributed by atoms with van der Waals surface area (Å²) in [7, 11) is -3.38. The van der Waals surface area contributed by atoms with E-state index in [2.05, 4.69) is 5.32 Å². The molecule has 1 aliphatic carbocycles. The van der Waals surface area contributed by atoms with E-state index in [-0.39, 0.29) is 5.91 Å². The van der Waals surface area contributed by atoms with E-state index in [4.69, 9.17) is 0 Å². The molecule has 5 nitrogen and oxygen atoms in total.